The largest absolute Gasteiger partial charge is 0.497 e. The third kappa shape index (κ3) is 7.59. The fourth-order valence-electron chi connectivity index (χ4n) is 3.43. The monoisotopic (exact) mass is 456 g/mol. The highest BCUT2D eigenvalue weighted by atomic mass is 32.2. The van der Waals surface area contributed by atoms with Gasteiger partial charge in [0.25, 0.3) is 0 Å². The van der Waals surface area contributed by atoms with E-state index in [0.29, 0.717) is 18.7 Å². The average Bonchev–Trinajstić information content (AvgIpc) is 2.80. The second kappa shape index (κ2) is 13.2. The Balaban J connectivity index is 2.17. The van der Waals surface area contributed by atoms with Crippen LogP contribution in [0.25, 0.3) is 0 Å². The van der Waals surface area contributed by atoms with Crippen molar-refractivity contribution in [1.29, 1.82) is 0 Å². The predicted molar refractivity (Wildman–Crippen MR) is 133 cm³/mol. The Hall–Kier alpha value is -2.47. The van der Waals surface area contributed by atoms with Crippen molar-refractivity contribution in [3.8, 4) is 5.75 Å². The van der Waals surface area contributed by atoms with E-state index in [-0.39, 0.29) is 17.9 Å². The topological polar surface area (TPSA) is 58.6 Å². The second-order valence-electron chi connectivity index (χ2n) is 8.03. The van der Waals surface area contributed by atoms with Crippen LogP contribution in [-0.2, 0) is 21.9 Å². The summed E-state index contributed by atoms with van der Waals surface area (Å²) in [7, 11) is 1.62. The minimum Gasteiger partial charge on any atom is -0.497 e. The number of ether oxygens (including phenoxy) is 1. The van der Waals surface area contributed by atoms with Crippen LogP contribution in [0.5, 0.6) is 5.75 Å². The van der Waals surface area contributed by atoms with Crippen LogP contribution in [0.1, 0.15) is 50.3 Å². The van der Waals surface area contributed by atoms with Gasteiger partial charge in [-0.3, -0.25) is 9.59 Å². The van der Waals surface area contributed by atoms with E-state index in [9.17, 15) is 9.59 Å². The molecule has 0 bridgehead atoms. The Kier molecular flexibility index (Phi) is 10.6. The van der Waals surface area contributed by atoms with Crippen molar-refractivity contribution >= 4 is 23.6 Å². The fourth-order valence-corrected chi connectivity index (χ4v) is 4.42. The summed E-state index contributed by atoms with van der Waals surface area (Å²) in [5, 5.41) is 3.05. The number of methoxy groups -OCH3 is 1. The molecule has 6 heteroatoms. The minimum absolute atomic E-state index is 0.0300. The van der Waals surface area contributed by atoms with Crippen molar-refractivity contribution in [3.05, 3.63) is 65.2 Å². The molecule has 0 aliphatic rings. The first-order valence-electron chi connectivity index (χ1n) is 11.2. The molecule has 2 rings (SSSR count). The SMILES string of the molecule is CC[C@H](C)NC(=O)[C@H](CC)N(Cc1cccc(OC)c1)C(=O)CSCc1ccccc1C. The van der Waals surface area contributed by atoms with Gasteiger partial charge in [-0.2, -0.15) is 0 Å². The van der Waals surface area contributed by atoms with Crippen LogP contribution in [0, 0.1) is 6.92 Å². The molecule has 0 radical (unpaired) electrons. The van der Waals surface area contributed by atoms with Gasteiger partial charge in [-0.05, 0) is 55.5 Å². The van der Waals surface area contributed by atoms with Crippen LogP contribution in [0.2, 0.25) is 0 Å². The molecule has 1 N–H and O–H groups in total. The maximum absolute atomic E-state index is 13.3. The Bertz CT molecular complexity index is 887. The summed E-state index contributed by atoms with van der Waals surface area (Å²) in [4.78, 5) is 28.1. The number of nitrogens with one attached hydrogen (secondary N) is 1. The van der Waals surface area contributed by atoms with Crippen molar-refractivity contribution in [2.75, 3.05) is 12.9 Å². The van der Waals surface area contributed by atoms with Crippen molar-refractivity contribution in [1.82, 2.24) is 10.2 Å². The van der Waals surface area contributed by atoms with E-state index in [1.807, 2.05) is 57.2 Å². The summed E-state index contributed by atoms with van der Waals surface area (Å²) in [6.45, 7) is 8.42. The van der Waals surface area contributed by atoms with Crippen LogP contribution >= 0.6 is 11.8 Å². The van der Waals surface area contributed by atoms with E-state index in [4.69, 9.17) is 4.74 Å². The molecule has 2 aromatic rings. The summed E-state index contributed by atoms with van der Waals surface area (Å²) in [5.41, 5.74) is 3.39. The summed E-state index contributed by atoms with van der Waals surface area (Å²) in [6.07, 6.45) is 1.40. The maximum atomic E-state index is 13.3. The number of carbonyl (C=O) groups is 2. The standard InChI is InChI=1S/C26H36N2O3S/c1-6-20(4)27-26(30)24(7-2)28(16-21-12-10-14-23(15-21)31-5)25(29)18-32-17-22-13-9-8-11-19(22)3/h8-15,20,24H,6-7,16-18H2,1-5H3,(H,27,30)/t20-,24-/m0/s1. The van der Waals surface area contributed by atoms with E-state index < -0.39 is 6.04 Å². The lowest BCUT2D eigenvalue weighted by atomic mass is 10.1. The number of aryl methyl sites for hydroxylation is 1. The van der Waals surface area contributed by atoms with E-state index in [1.165, 1.54) is 11.1 Å². The molecule has 0 fully saturated rings. The van der Waals surface area contributed by atoms with Gasteiger partial charge in [0.15, 0.2) is 0 Å². The van der Waals surface area contributed by atoms with Gasteiger partial charge in [0.1, 0.15) is 11.8 Å². The number of thioether (sulfide) groups is 1. The van der Waals surface area contributed by atoms with Gasteiger partial charge in [-0.1, -0.05) is 50.2 Å². The Labute approximate surface area is 196 Å². The zero-order valence-corrected chi connectivity index (χ0v) is 20.7. The lowest BCUT2D eigenvalue weighted by Crippen LogP contribution is -2.51. The number of amides is 2. The molecule has 2 aromatic carbocycles. The number of rotatable bonds is 12. The number of carbonyl (C=O) groups excluding carboxylic acids is 2. The van der Waals surface area contributed by atoms with E-state index >= 15 is 0 Å². The molecular weight excluding hydrogens is 420 g/mol. The molecule has 32 heavy (non-hydrogen) atoms. The number of hydrogen-bond acceptors (Lipinski definition) is 4. The molecule has 0 aromatic heterocycles. The third-order valence-electron chi connectivity index (χ3n) is 5.62. The van der Waals surface area contributed by atoms with Crippen LogP contribution in [-0.4, -0.2) is 41.7 Å². The summed E-state index contributed by atoms with van der Waals surface area (Å²) in [5.74, 6) is 1.70. The molecule has 0 unspecified atom stereocenters. The predicted octanol–water partition coefficient (Wildman–Crippen LogP) is 4.96. The van der Waals surface area contributed by atoms with Crippen molar-refractivity contribution in [2.45, 2.75) is 64.9 Å². The average molecular weight is 457 g/mol. The number of benzene rings is 2. The fraction of sp³-hybridized carbons (Fsp3) is 0.462. The van der Waals surface area contributed by atoms with Crippen LogP contribution in [0.4, 0.5) is 0 Å². The van der Waals surface area contributed by atoms with E-state index in [1.54, 1.807) is 23.8 Å². The van der Waals surface area contributed by atoms with E-state index in [0.717, 1.165) is 23.5 Å². The quantitative estimate of drug-likeness (QED) is 0.490. The highest BCUT2D eigenvalue weighted by Gasteiger charge is 2.29. The summed E-state index contributed by atoms with van der Waals surface area (Å²) < 4.78 is 5.34. The molecular formula is C26H36N2O3S. The van der Waals surface area contributed by atoms with Crippen molar-refractivity contribution in [2.24, 2.45) is 0 Å². The first-order valence-corrected chi connectivity index (χ1v) is 12.4. The molecule has 2 atom stereocenters. The normalized spacial score (nSPS) is 12.7. The lowest BCUT2D eigenvalue weighted by Gasteiger charge is -2.31. The third-order valence-corrected chi connectivity index (χ3v) is 6.58. The Morgan fingerprint density at radius 3 is 2.50 bits per heavy atom. The lowest BCUT2D eigenvalue weighted by molar-refractivity contribution is -0.139. The van der Waals surface area contributed by atoms with Gasteiger partial charge >= 0.3 is 0 Å². The minimum atomic E-state index is -0.512. The van der Waals surface area contributed by atoms with Crippen molar-refractivity contribution in [3.63, 3.8) is 0 Å². The first-order chi connectivity index (χ1) is 15.4. The van der Waals surface area contributed by atoms with Gasteiger partial charge in [-0.25, -0.2) is 0 Å². The summed E-state index contributed by atoms with van der Waals surface area (Å²) in [6, 6.07) is 15.4. The first kappa shape index (κ1) is 25.8. The zero-order valence-electron chi connectivity index (χ0n) is 19.9. The number of hydrogen-bond donors (Lipinski definition) is 1. The Morgan fingerprint density at radius 1 is 1.09 bits per heavy atom. The van der Waals surface area contributed by atoms with Crippen LogP contribution < -0.4 is 10.1 Å². The van der Waals surface area contributed by atoms with Gasteiger partial charge in [0.05, 0.1) is 12.9 Å². The molecule has 0 aliphatic heterocycles. The van der Waals surface area contributed by atoms with Crippen LogP contribution in [0.15, 0.2) is 48.5 Å². The smallest absolute Gasteiger partial charge is 0.243 e. The van der Waals surface area contributed by atoms with Gasteiger partial charge in [0, 0.05) is 18.3 Å². The Morgan fingerprint density at radius 2 is 1.84 bits per heavy atom. The molecule has 174 valence electrons. The molecule has 0 heterocycles. The molecule has 0 spiro atoms. The van der Waals surface area contributed by atoms with Crippen LogP contribution in [0.3, 0.4) is 0 Å². The van der Waals surface area contributed by atoms with Gasteiger partial charge in [0.2, 0.25) is 11.8 Å². The molecule has 5 nitrogen and oxygen atoms in total. The van der Waals surface area contributed by atoms with Crippen molar-refractivity contribution < 1.29 is 14.3 Å². The highest BCUT2D eigenvalue weighted by Crippen LogP contribution is 2.20. The van der Waals surface area contributed by atoms with Gasteiger partial charge in [-0.15, -0.1) is 11.8 Å². The number of nitrogens with zero attached hydrogens (tertiary/aromatic N) is 1. The molecule has 0 saturated carbocycles. The molecule has 0 aliphatic carbocycles. The zero-order chi connectivity index (χ0) is 23.5. The molecule has 0 saturated heterocycles. The summed E-state index contributed by atoms with van der Waals surface area (Å²) >= 11 is 1.59. The highest BCUT2D eigenvalue weighted by molar-refractivity contribution is 7.99. The van der Waals surface area contributed by atoms with Gasteiger partial charge < -0.3 is 15.0 Å². The maximum Gasteiger partial charge on any atom is 0.243 e. The van der Waals surface area contributed by atoms with E-state index in [2.05, 4.69) is 24.4 Å². The second-order valence-corrected chi connectivity index (χ2v) is 9.02. The molecule has 2 amide bonds.